The Labute approximate surface area is 126 Å². The molecule has 90 valence electrons. The van der Waals surface area contributed by atoms with Gasteiger partial charge in [0, 0.05) is 14.4 Å². The molecule has 0 aliphatic rings. The van der Waals surface area contributed by atoms with Crippen LogP contribution in [0.5, 0.6) is 0 Å². The highest BCUT2D eigenvalue weighted by Gasteiger charge is 2.16. The van der Waals surface area contributed by atoms with Crippen LogP contribution < -0.4 is 0 Å². The summed E-state index contributed by atoms with van der Waals surface area (Å²) in [5, 5.41) is 11.0. The lowest BCUT2D eigenvalue weighted by atomic mass is 10.0. The smallest absolute Gasteiger partial charge is 0.105 e. The van der Waals surface area contributed by atoms with Crippen LogP contribution in [-0.4, -0.2) is 5.11 Å². The van der Waals surface area contributed by atoms with Crippen LogP contribution in [0, 0.1) is 6.92 Å². The van der Waals surface area contributed by atoms with Gasteiger partial charge >= 0.3 is 0 Å². The summed E-state index contributed by atoms with van der Waals surface area (Å²) in [4.78, 5) is 1.10. The molecular formula is C12H9Br2ClOS. The quantitative estimate of drug-likeness (QED) is 0.729. The van der Waals surface area contributed by atoms with E-state index in [9.17, 15) is 5.11 Å². The van der Waals surface area contributed by atoms with Gasteiger partial charge < -0.3 is 5.11 Å². The van der Waals surface area contributed by atoms with Crippen LogP contribution in [0.3, 0.4) is 0 Å². The van der Waals surface area contributed by atoms with E-state index >= 15 is 0 Å². The number of rotatable bonds is 2. The molecule has 0 amide bonds. The molecular weight excluding hydrogens is 387 g/mol. The highest BCUT2D eigenvalue weighted by molar-refractivity contribution is 9.11. The molecule has 17 heavy (non-hydrogen) atoms. The van der Waals surface area contributed by atoms with Gasteiger partial charge in [0.1, 0.15) is 6.10 Å². The number of benzene rings is 1. The van der Waals surface area contributed by atoms with Crippen LogP contribution in [0.2, 0.25) is 5.02 Å². The molecule has 2 rings (SSSR count). The van der Waals surface area contributed by atoms with E-state index in [1.807, 2.05) is 19.1 Å². The first-order valence-electron chi connectivity index (χ1n) is 4.87. The first-order chi connectivity index (χ1) is 7.97. The number of halogens is 3. The van der Waals surface area contributed by atoms with Crippen molar-refractivity contribution in [1.29, 1.82) is 0 Å². The van der Waals surface area contributed by atoms with Crippen LogP contribution >= 0.6 is 54.8 Å². The van der Waals surface area contributed by atoms with E-state index in [0.29, 0.717) is 5.02 Å². The zero-order chi connectivity index (χ0) is 12.6. The molecule has 0 aliphatic heterocycles. The highest BCUT2D eigenvalue weighted by atomic mass is 79.9. The van der Waals surface area contributed by atoms with E-state index in [4.69, 9.17) is 11.6 Å². The van der Waals surface area contributed by atoms with Gasteiger partial charge in [0.25, 0.3) is 0 Å². The molecule has 0 bridgehead atoms. The predicted octanol–water partition coefficient (Wildman–Crippen LogP) is 5.32. The summed E-state index contributed by atoms with van der Waals surface area (Å²) in [6.45, 7) is 1.99. The maximum absolute atomic E-state index is 10.3. The Hall–Kier alpha value is 0.130. The maximum Gasteiger partial charge on any atom is 0.105 e. The fourth-order valence-corrected chi connectivity index (χ4v) is 4.27. The van der Waals surface area contributed by atoms with Gasteiger partial charge in [0.2, 0.25) is 0 Å². The van der Waals surface area contributed by atoms with Crippen molar-refractivity contribution in [3.8, 4) is 0 Å². The summed E-state index contributed by atoms with van der Waals surface area (Å²) in [6.07, 6.45) is -0.646. The molecule has 1 heterocycles. The molecule has 0 aliphatic carbocycles. The molecule has 0 saturated heterocycles. The SMILES string of the molecule is Cc1sc(Br)cc1C(O)c1cc(Cl)cc(Br)c1. The van der Waals surface area contributed by atoms with Gasteiger partial charge in [-0.05, 0) is 58.2 Å². The molecule has 1 atom stereocenters. The molecule has 0 radical (unpaired) electrons. The van der Waals surface area contributed by atoms with Crippen molar-refractivity contribution in [2.24, 2.45) is 0 Å². The van der Waals surface area contributed by atoms with Crippen molar-refractivity contribution in [2.45, 2.75) is 13.0 Å². The molecule has 1 aromatic heterocycles. The third kappa shape index (κ3) is 3.12. The lowest BCUT2D eigenvalue weighted by Gasteiger charge is -2.11. The third-order valence-corrected chi connectivity index (χ3v) is 4.67. The standard InChI is InChI=1S/C12H9Br2ClOS/c1-6-10(5-11(14)17-6)12(16)7-2-8(13)4-9(15)3-7/h2-5,12,16H,1H3. The van der Waals surface area contributed by atoms with Gasteiger partial charge in [-0.25, -0.2) is 0 Å². The van der Waals surface area contributed by atoms with Crippen molar-refractivity contribution in [1.82, 2.24) is 0 Å². The van der Waals surface area contributed by atoms with Crippen molar-refractivity contribution in [3.63, 3.8) is 0 Å². The second kappa shape index (κ2) is 5.41. The number of aliphatic hydroxyl groups excluding tert-OH is 1. The fraction of sp³-hybridized carbons (Fsp3) is 0.167. The van der Waals surface area contributed by atoms with Crippen LogP contribution in [0.25, 0.3) is 0 Å². The number of thiophene rings is 1. The molecule has 1 N–H and O–H groups in total. The molecule has 1 unspecified atom stereocenters. The second-order valence-corrected chi connectivity index (χ2v) is 7.66. The average Bonchev–Trinajstić information content (AvgIpc) is 2.55. The minimum Gasteiger partial charge on any atom is -0.384 e. The van der Waals surface area contributed by atoms with Crippen LogP contribution in [-0.2, 0) is 0 Å². The van der Waals surface area contributed by atoms with Gasteiger partial charge in [0.15, 0.2) is 0 Å². The molecule has 5 heteroatoms. The Morgan fingerprint density at radius 3 is 2.47 bits per heavy atom. The Balaban J connectivity index is 2.43. The number of hydrogen-bond acceptors (Lipinski definition) is 2. The molecule has 0 spiro atoms. The summed E-state index contributed by atoms with van der Waals surface area (Å²) in [5.41, 5.74) is 1.70. The Morgan fingerprint density at radius 1 is 1.24 bits per heavy atom. The minimum atomic E-state index is -0.646. The summed E-state index contributed by atoms with van der Waals surface area (Å²) < 4.78 is 1.89. The van der Waals surface area contributed by atoms with Gasteiger partial charge in [-0.3, -0.25) is 0 Å². The Kier molecular flexibility index (Phi) is 4.31. The highest BCUT2D eigenvalue weighted by Crippen LogP contribution is 2.35. The van der Waals surface area contributed by atoms with Crippen molar-refractivity contribution in [3.05, 3.63) is 53.6 Å². The maximum atomic E-state index is 10.3. The second-order valence-electron chi connectivity index (χ2n) is 3.67. The van der Waals surface area contributed by atoms with Crippen LogP contribution in [0.4, 0.5) is 0 Å². The van der Waals surface area contributed by atoms with Gasteiger partial charge in [-0.2, -0.15) is 0 Å². The first-order valence-corrected chi connectivity index (χ1v) is 7.65. The number of hydrogen-bond donors (Lipinski definition) is 1. The van der Waals surface area contributed by atoms with Crippen molar-refractivity contribution < 1.29 is 5.11 Å². The number of aliphatic hydroxyl groups is 1. The van der Waals surface area contributed by atoms with E-state index in [0.717, 1.165) is 24.3 Å². The van der Waals surface area contributed by atoms with E-state index in [2.05, 4.69) is 31.9 Å². The normalized spacial score (nSPS) is 12.8. The van der Waals surface area contributed by atoms with Gasteiger partial charge in [0.05, 0.1) is 3.79 Å². The molecule has 1 nitrogen and oxygen atoms in total. The Morgan fingerprint density at radius 2 is 1.94 bits per heavy atom. The summed E-state index contributed by atoms with van der Waals surface area (Å²) >= 11 is 14.4. The molecule has 0 fully saturated rings. The van der Waals surface area contributed by atoms with Crippen molar-refractivity contribution in [2.75, 3.05) is 0 Å². The first kappa shape index (κ1) is 13.6. The van der Waals surface area contributed by atoms with E-state index in [1.165, 1.54) is 0 Å². The topological polar surface area (TPSA) is 20.2 Å². The zero-order valence-electron chi connectivity index (χ0n) is 8.88. The molecule has 2 aromatic rings. The minimum absolute atomic E-state index is 0.611. The van der Waals surface area contributed by atoms with Gasteiger partial charge in [-0.1, -0.05) is 27.5 Å². The van der Waals surface area contributed by atoms with E-state index in [-0.39, 0.29) is 0 Å². The third-order valence-electron chi connectivity index (χ3n) is 2.42. The summed E-state index contributed by atoms with van der Waals surface area (Å²) in [5.74, 6) is 0. The monoisotopic (exact) mass is 394 g/mol. The largest absolute Gasteiger partial charge is 0.384 e. The predicted molar refractivity (Wildman–Crippen MR) is 80.0 cm³/mol. The molecule has 1 aromatic carbocycles. The fourth-order valence-electron chi connectivity index (χ4n) is 1.64. The molecule has 0 saturated carbocycles. The summed E-state index contributed by atoms with van der Waals surface area (Å²) in [6, 6.07) is 7.40. The Bertz CT molecular complexity index is 533. The van der Waals surface area contributed by atoms with Crippen LogP contribution in [0.1, 0.15) is 22.1 Å². The van der Waals surface area contributed by atoms with Crippen LogP contribution in [0.15, 0.2) is 32.5 Å². The van der Waals surface area contributed by atoms with E-state index in [1.54, 1.807) is 23.5 Å². The van der Waals surface area contributed by atoms with Crippen molar-refractivity contribution >= 4 is 54.8 Å². The van der Waals surface area contributed by atoms with E-state index < -0.39 is 6.10 Å². The lowest BCUT2D eigenvalue weighted by Crippen LogP contribution is -1.99. The zero-order valence-corrected chi connectivity index (χ0v) is 13.6. The summed E-state index contributed by atoms with van der Waals surface area (Å²) in [7, 11) is 0. The average molecular weight is 397 g/mol. The lowest BCUT2D eigenvalue weighted by molar-refractivity contribution is 0.220. The number of aryl methyl sites for hydroxylation is 1. The van der Waals surface area contributed by atoms with Gasteiger partial charge in [-0.15, -0.1) is 11.3 Å².